The molecule has 0 radical (unpaired) electrons. The Kier molecular flexibility index (Phi) is 4.47. The molecule has 0 atom stereocenters. The van der Waals surface area contributed by atoms with Gasteiger partial charge in [0.25, 0.3) is 5.91 Å². The van der Waals surface area contributed by atoms with Crippen molar-refractivity contribution in [1.29, 1.82) is 0 Å². The zero-order chi connectivity index (χ0) is 14.7. The lowest BCUT2D eigenvalue weighted by molar-refractivity contribution is 0.102. The smallest absolute Gasteiger partial charge is 0.274 e. The van der Waals surface area contributed by atoms with Crippen LogP contribution in [0, 0.1) is 6.92 Å². The lowest BCUT2D eigenvalue weighted by Crippen LogP contribution is -2.14. The van der Waals surface area contributed by atoms with Gasteiger partial charge >= 0.3 is 0 Å². The number of pyridine rings is 1. The van der Waals surface area contributed by atoms with E-state index in [9.17, 15) is 4.79 Å². The number of aryl methyl sites for hydroxylation is 1. The number of amides is 1. The predicted molar refractivity (Wildman–Crippen MR) is 82.9 cm³/mol. The Hall–Kier alpha value is -1.78. The Bertz CT molecular complexity index is 642. The molecule has 1 aromatic heterocycles. The Labute approximate surface area is 127 Å². The zero-order valence-electron chi connectivity index (χ0n) is 11.0. The first kappa shape index (κ1) is 14.6. The highest BCUT2D eigenvalue weighted by atomic mass is 35.5. The number of benzene rings is 1. The average Bonchev–Trinajstić information content (AvgIpc) is 2.44. The molecule has 4 nitrogen and oxygen atoms in total. The van der Waals surface area contributed by atoms with Gasteiger partial charge in [-0.05, 0) is 36.8 Å². The van der Waals surface area contributed by atoms with Crippen molar-refractivity contribution in [3.8, 4) is 0 Å². The van der Waals surface area contributed by atoms with Crippen LogP contribution in [0.3, 0.4) is 0 Å². The molecule has 104 valence electrons. The minimum absolute atomic E-state index is 0.303. The third kappa shape index (κ3) is 3.21. The SMILES string of the molecule is CNc1ccc(C(=O)Nc2cc(Cl)c(C)cc2Cl)nc1. The number of carbonyl (C=O) groups is 1. The molecular formula is C14H13Cl2N3O. The fourth-order valence-corrected chi connectivity index (χ4v) is 2.03. The number of nitrogens with zero attached hydrogens (tertiary/aromatic N) is 1. The van der Waals surface area contributed by atoms with Gasteiger partial charge in [0.15, 0.2) is 0 Å². The summed E-state index contributed by atoms with van der Waals surface area (Å²) in [5.74, 6) is -0.338. The van der Waals surface area contributed by atoms with Gasteiger partial charge in [-0.3, -0.25) is 4.79 Å². The fraction of sp³-hybridized carbons (Fsp3) is 0.143. The molecule has 1 amide bonds. The van der Waals surface area contributed by atoms with Crippen molar-refractivity contribution < 1.29 is 4.79 Å². The minimum atomic E-state index is -0.338. The summed E-state index contributed by atoms with van der Waals surface area (Å²) in [6, 6.07) is 6.73. The highest BCUT2D eigenvalue weighted by Gasteiger charge is 2.11. The van der Waals surface area contributed by atoms with Crippen molar-refractivity contribution in [1.82, 2.24) is 4.98 Å². The van der Waals surface area contributed by atoms with Crippen LogP contribution in [0.25, 0.3) is 0 Å². The van der Waals surface area contributed by atoms with E-state index in [4.69, 9.17) is 23.2 Å². The van der Waals surface area contributed by atoms with Crippen molar-refractivity contribution in [2.24, 2.45) is 0 Å². The fourth-order valence-electron chi connectivity index (χ4n) is 1.60. The molecule has 0 fully saturated rings. The van der Waals surface area contributed by atoms with Crippen LogP contribution >= 0.6 is 23.2 Å². The summed E-state index contributed by atoms with van der Waals surface area (Å²) in [4.78, 5) is 16.1. The van der Waals surface area contributed by atoms with Gasteiger partial charge in [-0.1, -0.05) is 23.2 Å². The van der Waals surface area contributed by atoms with Crippen LogP contribution in [-0.2, 0) is 0 Å². The molecule has 2 aromatic rings. The number of rotatable bonds is 3. The van der Waals surface area contributed by atoms with E-state index in [1.807, 2.05) is 6.92 Å². The molecule has 0 aliphatic carbocycles. The molecule has 0 bridgehead atoms. The van der Waals surface area contributed by atoms with Gasteiger partial charge < -0.3 is 10.6 Å². The van der Waals surface area contributed by atoms with Gasteiger partial charge in [-0.15, -0.1) is 0 Å². The number of carbonyl (C=O) groups excluding carboxylic acids is 1. The van der Waals surface area contributed by atoms with Crippen LogP contribution in [0.5, 0.6) is 0 Å². The van der Waals surface area contributed by atoms with Gasteiger partial charge in [0.2, 0.25) is 0 Å². The van der Waals surface area contributed by atoms with Crippen LogP contribution in [0.15, 0.2) is 30.5 Å². The lowest BCUT2D eigenvalue weighted by Gasteiger charge is -2.09. The second kappa shape index (κ2) is 6.11. The number of anilines is 2. The molecule has 2 N–H and O–H groups in total. The first-order chi connectivity index (χ1) is 9.51. The van der Waals surface area contributed by atoms with Crippen molar-refractivity contribution in [3.05, 3.63) is 51.8 Å². The van der Waals surface area contributed by atoms with E-state index in [1.54, 1.807) is 37.5 Å². The second-order valence-corrected chi connectivity index (χ2v) is 5.03. The summed E-state index contributed by atoms with van der Waals surface area (Å²) in [6.45, 7) is 1.85. The molecule has 0 unspecified atom stereocenters. The summed E-state index contributed by atoms with van der Waals surface area (Å²) < 4.78 is 0. The van der Waals surface area contributed by atoms with Crippen LogP contribution in [0.1, 0.15) is 16.1 Å². The van der Waals surface area contributed by atoms with Crippen LogP contribution in [-0.4, -0.2) is 17.9 Å². The minimum Gasteiger partial charge on any atom is -0.387 e. The molecule has 6 heteroatoms. The van der Waals surface area contributed by atoms with Gasteiger partial charge in [0.1, 0.15) is 5.69 Å². The Morgan fingerprint density at radius 2 is 1.95 bits per heavy atom. The van der Waals surface area contributed by atoms with Gasteiger partial charge in [-0.25, -0.2) is 4.98 Å². The standard InChI is InChI=1S/C14H13Cl2N3O/c1-8-5-11(16)13(6-10(8)15)19-14(20)12-4-3-9(17-2)7-18-12/h3-7,17H,1-2H3,(H,19,20). The molecule has 0 aliphatic heterocycles. The van der Waals surface area contributed by atoms with E-state index in [2.05, 4.69) is 15.6 Å². The maximum Gasteiger partial charge on any atom is 0.274 e. The Balaban J connectivity index is 2.20. The quantitative estimate of drug-likeness (QED) is 0.901. The number of halogens is 2. The Morgan fingerprint density at radius 1 is 1.20 bits per heavy atom. The number of aromatic nitrogens is 1. The number of hydrogen-bond donors (Lipinski definition) is 2. The molecule has 0 spiro atoms. The van der Waals surface area contributed by atoms with E-state index in [-0.39, 0.29) is 5.91 Å². The van der Waals surface area contributed by atoms with Crippen molar-refractivity contribution >= 4 is 40.5 Å². The highest BCUT2D eigenvalue weighted by Crippen LogP contribution is 2.29. The summed E-state index contributed by atoms with van der Waals surface area (Å²) in [6.07, 6.45) is 1.58. The summed E-state index contributed by atoms with van der Waals surface area (Å²) in [5, 5.41) is 6.61. The van der Waals surface area contributed by atoms with Gasteiger partial charge in [0.05, 0.1) is 22.6 Å². The summed E-state index contributed by atoms with van der Waals surface area (Å²) in [7, 11) is 1.78. The molecule has 0 saturated carbocycles. The first-order valence-electron chi connectivity index (χ1n) is 5.92. The van der Waals surface area contributed by atoms with Gasteiger partial charge in [-0.2, -0.15) is 0 Å². The Morgan fingerprint density at radius 3 is 2.55 bits per heavy atom. The van der Waals surface area contributed by atoms with Crippen molar-refractivity contribution in [3.63, 3.8) is 0 Å². The average molecular weight is 310 g/mol. The largest absolute Gasteiger partial charge is 0.387 e. The molecule has 0 aliphatic rings. The number of hydrogen-bond acceptors (Lipinski definition) is 3. The van der Waals surface area contributed by atoms with Crippen LogP contribution in [0.2, 0.25) is 10.0 Å². The van der Waals surface area contributed by atoms with E-state index >= 15 is 0 Å². The molecular weight excluding hydrogens is 297 g/mol. The summed E-state index contributed by atoms with van der Waals surface area (Å²) in [5.41, 5.74) is 2.45. The summed E-state index contributed by atoms with van der Waals surface area (Å²) >= 11 is 12.1. The third-order valence-electron chi connectivity index (χ3n) is 2.78. The predicted octanol–water partition coefficient (Wildman–Crippen LogP) is 3.99. The van der Waals surface area contributed by atoms with Crippen LogP contribution < -0.4 is 10.6 Å². The number of nitrogens with one attached hydrogen (secondary N) is 2. The third-order valence-corrected chi connectivity index (χ3v) is 3.50. The molecule has 1 heterocycles. The maximum atomic E-state index is 12.1. The van der Waals surface area contributed by atoms with E-state index in [0.29, 0.717) is 21.4 Å². The van der Waals surface area contributed by atoms with E-state index in [0.717, 1.165) is 11.3 Å². The van der Waals surface area contributed by atoms with E-state index < -0.39 is 0 Å². The molecule has 1 aromatic carbocycles. The first-order valence-corrected chi connectivity index (χ1v) is 6.67. The molecule has 2 rings (SSSR count). The van der Waals surface area contributed by atoms with Crippen molar-refractivity contribution in [2.75, 3.05) is 17.7 Å². The van der Waals surface area contributed by atoms with Crippen LogP contribution in [0.4, 0.5) is 11.4 Å². The van der Waals surface area contributed by atoms with Gasteiger partial charge in [0, 0.05) is 12.1 Å². The van der Waals surface area contributed by atoms with E-state index in [1.165, 1.54) is 0 Å². The highest BCUT2D eigenvalue weighted by molar-refractivity contribution is 6.36. The second-order valence-electron chi connectivity index (χ2n) is 4.22. The monoisotopic (exact) mass is 309 g/mol. The lowest BCUT2D eigenvalue weighted by atomic mass is 10.2. The topological polar surface area (TPSA) is 54.0 Å². The normalized spacial score (nSPS) is 10.2. The van der Waals surface area contributed by atoms with Crippen molar-refractivity contribution in [2.45, 2.75) is 6.92 Å². The molecule has 0 saturated heterocycles. The molecule has 20 heavy (non-hydrogen) atoms. The maximum absolute atomic E-state index is 12.1. The zero-order valence-corrected chi connectivity index (χ0v) is 12.5.